The van der Waals surface area contributed by atoms with Gasteiger partial charge in [0.05, 0.1) is 18.6 Å². The molecule has 0 atom stereocenters. The van der Waals surface area contributed by atoms with E-state index >= 15 is 0 Å². The molecule has 6 heteroatoms. The standard InChI is InChI=1S/C16H16N2O3S/c1-21-15-6-8-16(9-7-15)22(19,20)17-18-11-10-13-4-2-3-5-14(13)12-18/h2-11,17H,12H2,1H3. The molecule has 1 aliphatic heterocycles. The number of rotatable bonds is 4. The van der Waals surface area contributed by atoms with E-state index in [0.717, 1.165) is 11.1 Å². The minimum atomic E-state index is -3.62. The minimum absolute atomic E-state index is 0.195. The lowest BCUT2D eigenvalue weighted by atomic mass is 10.1. The van der Waals surface area contributed by atoms with Crippen molar-refractivity contribution >= 4 is 16.1 Å². The van der Waals surface area contributed by atoms with E-state index in [1.807, 2.05) is 30.3 Å². The fraction of sp³-hybridized carbons (Fsp3) is 0.125. The Hall–Kier alpha value is -2.31. The van der Waals surface area contributed by atoms with E-state index in [-0.39, 0.29) is 4.90 Å². The first-order valence-corrected chi connectivity index (χ1v) is 8.26. The third kappa shape index (κ3) is 2.98. The Morgan fingerprint density at radius 1 is 1.09 bits per heavy atom. The predicted octanol–water partition coefficient (Wildman–Crippen LogP) is 2.38. The number of ether oxygens (including phenoxy) is 1. The summed E-state index contributed by atoms with van der Waals surface area (Å²) in [5.41, 5.74) is 2.17. The van der Waals surface area contributed by atoms with Gasteiger partial charge in [0.1, 0.15) is 5.75 Å². The first-order valence-electron chi connectivity index (χ1n) is 6.78. The first-order chi connectivity index (χ1) is 10.6. The fourth-order valence-electron chi connectivity index (χ4n) is 2.27. The highest BCUT2D eigenvalue weighted by atomic mass is 32.2. The summed E-state index contributed by atoms with van der Waals surface area (Å²) >= 11 is 0. The topological polar surface area (TPSA) is 58.6 Å². The molecule has 0 saturated carbocycles. The molecular weight excluding hydrogens is 300 g/mol. The molecule has 0 aliphatic carbocycles. The number of fused-ring (bicyclic) bond motifs is 1. The van der Waals surface area contributed by atoms with E-state index < -0.39 is 10.0 Å². The molecular formula is C16H16N2O3S. The average molecular weight is 316 g/mol. The SMILES string of the molecule is COc1ccc(S(=O)(=O)NN2C=Cc3ccccc3C2)cc1. The number of nitrogens with one attached hydrogen (secondary N) is 1. The van der Waals surface area contributed by atoms with Crippen LogP contribution in [0.5, 0.6) is 5.75 Å². The van der Waals surface area contributed by atoms with Crippen LogP contribution in [0.3, 0.4) is 0 Å². The van der Waals surface area contributed by atoms with Gasteiger partial charge in [-0.2, -0.15) is 0 Å². The molecule has 3 rings (SSSR count). The summed E-state index contributed by atoms with van der Waals surface area (Å²) < 4.78 is 29.8. The smallest absolute Gasteiger partial charge is 0.257 e. The molecule has 1 N–H and O–H groups in total. The van der Waals surface area contributed by atoms with Crippen molar-refractivity contribution in [3.05, 3.63) is 65.9 Å². The molecule has 0 amide bonds. The number of benzene rings is 2. The van der Waals surface area contributed by atoms with Crippen molar-refractivity contribution in [3.63, 3.8) is 0 Å². The van der Waals surface area contributed by atoms with Crippen LogP contribution >= 0.6 is 0 Å². The Morgan fingerprint density at radius 3 is 2.55 bits per heavy atom. The second-order valence-corrected chi connectivity index (χ2v) is 6.57. The van der Waals surface area contributed by atoms with Gasteiger partial charge in [0.15, 0.2) is 0 Å². The Balaban J connectivity index is 1.78. The van der Waals surface area contributed by atoms with Crippen molar-refractivity contribution in [1.29, 1.82) is 0 Å². The normalized spacial score (nSPS) is 13.8. The molecule has 0 unspecified atom stereocenters. The molecule has 5 nitrogen and oxygen atoms in total. The van der Waals surface area contributed by atoms with Crippen molar-refractivity contribution < 1.29 is 13.2 Å². The van der Waals surface area contributed by atoms with Crippen LogP contribution in [0.15, 0.2) is 59.6 Å². The van der Waals surface area contributed by atoms with Gasteiger partial charge in [-0.25, -0.2) is 8.42 Å². The molecule has 0 spiro atoms. The molecule has 0 radical (unpaired) electrons. The van der Waals surface area contributed by atoms with Crippen LogP contribution < -0.4 is 9.57 Å². The number of methoxy groups -OCH3 is 1. The molecule has 2 aromatic rings. The molecule has 2 aromatic carbocycles. The van der Waals surface area contributed by atoms with Crippen LogP contribution in [0, 0.1) is 0 Å². The Bertz CT molecular complexity index is 798. The highest BCUT2D eigenvalue weighted by Gasteiger charge is 2.19. The summed E-state index contributed by atoms with van der Waals surface area (Å²) in [6.45, 7) is 0.488. The van der Waals surface area contributed by atoms with Gasteiger partial charge in [0.2, 0.25) is 0 Å². The minimum Gasteiger partial charge on any atom is -0.497 e. The zero-order chi connectivity index (χ0) is 15.6. The highest BCUT2D eigenvalue weighted by molar-refractivity contribution is 7.89. The van der Waals surface area contributed by atoms with Crippen molar-refractivity contribution in [3.8, 4) is 5.75 Å². The zero-order valence-corrected chi connectivity index (χ0v) is 12.9. The lowest BCUT2D eigenvalue weighted by molar-refractivity contribution is 0.327. The first kappa shape index (κ1) is 14.6. The Kier molecular flexibility index (Phi) is 3.87. The van der Waals surface area contributed by atoms with E-state index in [1.54, 1.807) is 23.3 Å². The number of hydrogen-bond acceptors (Lipinski definition) is 4. The lowest BCUT2D eigenvalue weighted by Gasteiger charge is -2.25. The predicted molar refractivity (Wildman–Crippen MR) is 84.3 cm³/mol. The third-order valence-electron chi connectivity index (χ3n) is 3.44. The molecule has 0 bridgehead atoms. The van der Waals surface area contributed by atoms with Gasteiger partial charge in [-0.15, -0.1) is 4.83 Å². The van der Waals surface area contributed by atoms with Gasteiger partial charge in [0, 0.05) is 6.20 Å². The summed E-state index contributed by atoms with van der Waals surface area (Å²) in [5.74, 6) is 0.616. The number of hydrazine groups is 1. The van der Waals surface area contributed by atoms with E-state index in [9.17, 15) is 8.42 Å². The maximum atomic E-state index is 12.4. The van der Waals surface area contributed by atoms with Crippen LogP contribution in [0.2, 0.25) is 0 Å². The second kappa shape index (κ2) is 5.82. The van der Waals surface area contributed by atoms with Gasteiger partial charge in [-0.1, -0.05) is 24.3 Å². The van der Waals surface area contributed by atoms with Crippen molar-refractivity contribution in [1.82, 2.24) is 9.84 Å². The summed E-state index contributed by atoms with van der Waals surface area (Å²) in [4.78, 5) is 2.76. The molecule has 1 aliphatic rings. The summed E-state index contributed by atoms with van der Waals surface area (Å²) in [7, 11) is -2.08. The van der Waals surface area contributed by atoms with Gasteiger partial charge >= 0.3 is 0 Å². The Labute approximate surface area is 129 Å². The highest BCUT2D eigenvalue weighted by Crippen LogP contribution is 2.20. The van der Waals surface area contributed by atoms with E-state index in [1.165, 1.54) is 19.2 Å². The van der Waals surface area contributed by atoms with E-state index in [0.29, 0.717) is 12.3 Å². The zero-order valence-electron chi connectivity index (χ0n) is 12.1. The average Bonchev–Trinajstić information content (AvgIpc) is 2.54. The van der Waals surface area contributed by atoms with Crippen LogP contribution in [-0.2, 0) is 16.6 Å². The molecule has 1 heterocycles. The maximum absolute atomic E-state index is 12.4. The van der Waals surface area contributed by atoms with E-state index in [2.05, 4.69) is 4.83 Å². The molecule has 22 heavy (non-hydrogen) atoms. The summed E-state index contributed by atoms with van der Waals surface area (Å²) in [5, 5.41) is 1.56. The van der Waals surface area contributed by atoms with E-state index in [4.69, 9.17) is 4.74 Å². The lowest BCUT2D eigenvalue weighted by Crippen LogP contribution is -2.39. The summed E-state index contributed by atoms with van der Waals surface area (Å²) in [6, 6.07) is 14.2. The van der Waals surface area contributed by atoms with Crippen LogP contribution in [0.4, 0.5) is 0 Å². The monoisotopic (exact) mass is 316 g/mol. The quantitative estimate of drug-likeness (QED) is 0.941. The Morgan fingerprint density at radius 2 is 1.82 bits per heavy atom. The number of hydrogen-bond donors (Lipinski definition) is 1. The van der Waals surface area contributed by atoms with Crippen molar-refractivity contribution in [2.24, 2.45) is 0 Å². The van der Waals surface area contributed by atoms with Crippen molar-refractivity contribution in [2.75, 3.05) is 7.11 Å². The van der Waals surface area contributed by atoms with Crippen LogP contribution in [-0.4, -0.2) is 20.5 Å². The number of sulfonamides is 1. The second-order valence-electron chi connectivity index (χ2n) is 4.91. The number of nitrogens with zero attached hydrogens (tertiary/aromatic N) is 1. The van der Waals surface area contributed by atoms with Crippen LogP contribution in [0.25, 0.3) is 6.08 Å². The molecule has 114 valence electrons. The molecule has 0 saturated heterocycles. The van der Waals surface area contributed by atoms with Gasteiger partial charge in [-0.3, -0.25) is 5.01 Å². The van der Waals surface area contributed by atoms with Crippen LogP contribution in [0.1, 0.15) is 11.1 Å². The summed E-state index contributed by atoms with van der Waals surface area (Å²) in [6.07, 6.45) is 3.61. The largest absolute Gasteiger partial charge is 0.497 e. The fourth-order valence-corrected chi connectivity index (χ4v) is 3.31. The van der Waals surface area contributed by atoms with Gasteiger partial charge < -0.3 is 4.74 Å². The van der Waals surface area contributed by atoms with Crippen molar-refractivity contribution in [2.45, 2.75) is 11.4 Å². The maximum Gasteiger partial charge on any atom is 0.257 e. The third-order valence-corrected chi connectivity index (χ3v) is 4.80. The van der Waals surface area contributed by atoms with Gasteiger partial charge in [0.25, 0.3) is 10.0 Å². The van der Waals surface area contributed by atoms with Gasteiger partial charge in [-0.05, 0) is 41.5 Å². The molecule has 0 aromatic heterocycles. The molecule has 0 fully saturated rings.